The minimum Gasteiger partial charge on any atom is -0.492 e. The van der Waals surface area contributed by atoms with E-state index in [0.29, 0.717) is 30.2 Å². The predicted molar refractivity (Wildman–Crippen MR) is 82.6 cm³/mol. The number of carbonyl (C=O) groups excluding carboxylic acids is 1. The van der Waals surface area contributed by atoms with Gasteiger partial charge in [-0.15, -0.1) is 0 Å². The number of hydrogen-bond donors (Lipinski definition) is 2. The standard InChI is InChI=1S/C16H24N2O3/c1-2-20-15-7-6-12(11-14(15)17)16(19)18-9-8-13-5-3-4-10-21-13/h6-7,11,13H,2-5,8-10,17H2,1H3,(H,18,19). The van der Waals surface area contributed by atoms with Gasteiger partial charge in [0.15, 0.2) is 0 Å². The molecule has 1 saturated heterocycles. The Morgan fingerprint density at radius 2 is 2.33 bits per heavy atom. The van der Waals surface area contributed by atoms with Gasteiger partial charge >= 0.3 is 0 Å². The molecule has 0 aromatic heterocycles. The summed E-state index contributed by atoms with van der Waals surface area (Å²) < 4.78 is 11.0. The highest BCUT2D eigenvalue weighted by molar-refractivity contribution is 5.95. The summed E-state index contributed by atoms with van der Waals surface area (Å²) in [4.78, 5) is 12.1. The Labute approximate surface area is 125 Å². The molecule has 116 valence electrons. The van der Waals surface area contributed by atoms with Crippen LogP contribution in [0, 0.1) is 0 Å². The van der Waals surface area contributed by atoms with Crippen LogP contribution in [0.15, 0.2) is 18.2 Å². The topological polar surface area (TPSA) is 73.6 Å². The van der Waals surface area contributed by atoms with Crippen LogP contribution < -0.4 is 15.8 Å². The Hall–Kier alpha value is -1.75. The van der Waals surface area contributed by atoms with Crippen molar-refractivity contribution in [2.75, 3.05) is 25.5 Å². The molecule has 5 heteroatoms. The molecule has 0 saturated carbocycles. The summed E-state index contributed by atoms with van der Waals surface area (Å²) >= 11 is 0. The van der Waals surface area contributed by atoms with Crippen molar-refractivity contribution in [3.63, 3.8) is 0 Å². The summed E-state index contributed by atoms with van der Waals surface area (Å²) in [5.41, 5.74) is 6.91. The van der Waals surface area contributed by atoms with E-state index in [2.05, 4.69) is 5.32 Å². The summed E-state index contributed by atoms with van der Waals surface area (Å²) in [5.74, 6) is 0.505. The second kappa shape index (κ2) is 7.88. The number of anilines is 1. The highest BCUT2D eigenvalue weighted by Crippen LogP contribution is 2.22. The maximum absolute atomic E-state index is 12.1. The van der Waals surface area contributed by atoms with Crippen molar-refractivity contribution in [3.05, 3.63) is 23.8 Å². The van der Waals surface area contributed by atoms with E-state index < -0.39 is 0 Å². The fraction of sp³-hybridized carbons (Fsp3) is 0.562. The first-order chi connectivity index (χ1) is 10.2. The normalized spacial score (nSPS) is 18.2. The summed E-state index contributed by atoms with van der Waals surface area (Å²) in [6.07, 6.45) is 4.59. The number of rotatable bonds is 6. The van der Waals surface area contributed by atoms with Crippen LogP contribution in [0.4, 0.5) is 5.69 Å². The molecular weight excluding hydrogens is 268 g/mol. The van der Waals surface area contributed by atoms with Crippen molar-refractivity contribution in [2.45, 2.75) is 38.7 Å². The van der Waals surface area contributed by atoms with E-state index in [1.54, 1.807) is 18.2 Å². The first-order valence-corrected chi connectivity index (χ1v) is 7.63. The molecule has 3 N–H and O–H groups in total. The average Bonchev–Trinajstić information content (AvgIpc) is 2.50. The van der Waals surface area contributed by atoms with Gasteiger partial charge in [-0.05, 0) is 50.8 Å². The van der Waals surface area contributed by atoms with Gasteiger partial charge in [-0.25, -0.2) is 0 Å². The van der Waals surface area contributed by atoms with Crippen molar-refractivity contribution in [2.24, 2.45) is 0 Å². The van der Waals surface area contributed by atoms with Gasteiger partial charge < -0.3 is 20.5 Å². The van der Waals surface area contributed by atoms with Crippen molar-refractivity contribution in [1.82, 2.24) is 5.32 Å². The van der Waals surface area contributed by atoms with Crippen molar-refractivity contribution >= 4 is 11.6 Å². The molecule has 1 heterocycles. The Kier molecular flexibility index (Phi) is 5.87. The molecule has 1 unspecified atom stereocenters. The first kappa shape index (κ1) is 15.6. The van der Waals surface area contributed by atoms with E-state index in [9.17, 15) is 4.79 Å². The number of ether oxygens (including phenoxy) is 2. The Bertz CT molecular complexity index is 471. The van der Waals surface area contributed by atoms with E-state index in [1.165, 1.54) is 6.42 Å². The number of nitrogens with two attached hydrogens (primary N) is 1. The molecule has 0 spiro atoms. The van der Waals surface area contributed by atoms with Crippen LogP contribution in [-0.4, -0.2) is 31.8 Å². The molecule has 0 bridgehead atoms. The van der Waals surface area contributed by atoms with Gasteiger partial charge in [0.25, 0.3) is 5.91 Å². The van der Waals surface area contributed by atoms with Gasteiger partial charge in [-0.3, -0.25) is 4.79 Å². The lowest BCUT2D eigenvalue weighted by Crippen LogP contribution is -2.29. The van der Waals surface area contributed by atoms with Gasteiger partial charge in [0.05, 0.1) is 18.4 Å². The van der Waals surface area contributed by atoms with Crippen LogP contribution in [0.3, 0.4) is 0 Å². The minimum absolute atomic E-state index is 0.111. The zero-order valence-electron chi connectivity index (χ0n) is 12.6. The summed E-state index contributed by atoms with van der Waals surface area (Å²) in [7, 11) is 0. The number of amides is 1. The lowest BCUT2D eigenvalue weighted by molar-refractivity contribution is 0.0117. The molecule has 5 nitrogen and oxygen atoms in total. The van der Waals surface area contributed by atoms with Crippen LogP contribution in [0.1, 0.15) is 43.0 Å². The van der Waals surface area contributed by atoms with E-state index in [4.69, 9.17) is 15.2 Å². The predicted octanol–water partition coefficient (Wildman–Crippen LogP) is 2.36. The highest BCUT2D eigenvalue weighted by atomic mass is 16.5. The average molecular weight is 292 g/mol. The quantitative estimate of drug-likeness (QED) is 0.789. The SMILES string of the molecule is CCOc1ccc(C(=O)NCCC2CCCCO2)cc1N. The van der Waals surface area contributed by atoms with E-state index in [1.807, 2.05) is 6.92 Å². The lowest BCUT2D eigenvalue weighted by Gasteiger charge is -2.22. The molecule has 1 aromatic rings. The number of hydrogen-bond acceptors (Lipinski definition) is 4. The second-order valence-corrected chi connectivity index (χ2v) is 5.22. The monoisotopic (exact) mass is 292 g/mol. The molecule has 21 heavy (non-hydrogen) atoms. The molecule has 1 aromatic carbocycles. The van der Waals surface area contributed by atoms with Gasteiger partial charge in [-0.1, -0.05) is 0 Å². The molecule has 0 radical (unpaired) electrons. The van der Waals surface area contributed by atoms with Gasteiger partial charge in [0.2, 0.25) is 0 Å². The Morgan fingerprint density at radius 3 is 3.00 bits per heavy atom. The van der Waals surface area contributed by atoms with Crippen molar-refractivity contribution in [1.29, 1.82) is 0 Å². The van der Waals surface area contributed by atoms with Crippen molar-refractivity contribution in [3.8, 4) is 5.75 Å². The molecule has 1 atom stereocenters. The van der Waals surface area contributed by atoms with E-state index in [0.717, 1.165) is 25.9 Å². The third-order valence-electron chi connectivity index (χ3n) is 3.60. The lowest BCUT2D eigenvalue weighted by atomic mass is 10.1. The molecule has 1 aliphatic rings. The highest BCUT2D eigenvalue weighted by Gasteiger charge is 2.14. The second-order valence-electron chi connectivity index (χ2n) is 5.22. The zero-order chi connectivity index (χ0) is 15.1. The van der Waals surface area contributed by atoms with Gasteiger partial charge in [0, 0.05) is 18.7 Å². The fourth-order valence-corrected chi connectivity index (χ4v) is 2.46. The van der Waals surface area contributed by atoms with Crippen LogP contribution in [0.5, 0.6) is 5.75 Å². The minimum atomic E-state index is -0.111. The molecule has 2 rings (SSSR count). The Balaban J connectivity index is 1.81. The molecular formula is C16H24N2O3. The molecule has 1 aliphatic heterocycles. The fourth-order valence-electron chi connectivity index (χ4n) is 2.46. The van der Waals surface area contributed by atoms with Gasteiger partial charge in [0.1, 0.15) is 5.75 Å². The first-order valence-electron chi connectivity index (χ1n) is 7.63. The molecule has 1 fully saturated rings. The summed E-state index contributed by atoms with van der Waals surface area (Å²) in [6.45, 7) is 3.91. The smallest absolute Gasteiger partial charge is 0.251 e. The third-order valence-corrected chi connectivity index (χ3v) is 3.60. The maximum atomic E-state index is 12.1. The van der Waals surface area contributed by atoms with E-state index in [-0.39, 0.29) is 12.0 Å². The van der Waals surface area contributed by atoms with Crippen LogP contribution >= 0.6 is 0 Å². The number of carbonyl (C=O) groups is 1. The largest absolute Gasteiger partial charge is 0.492 e. The zero-order valence-corrected chi connectivity index (χ0v) is 12.6. The Morgan fingerprint density at radius 1 is 1.48 bits per heavy atom. The van der Waals surface area contributed by atoms with Crippen LogP contribution in [0.2, 0.25) is 0 Å². The molecule has 1 amide bonds. The van der Waals surface area contributed by atoms with Crippen LogP contribution in [0.25, 0.3) is 0 Å². The van der Waals surface area contributed by atoms with Gasteiger partial charge in [-0.2, -0.15) is 0 Å². The number of nitrogens with one attached hydrogen (secondary N) is 1. The molecule has 0 aliphatic carbocycles. The summed E-state index contributed by atoms with van der Waals surface area (Å²) in [6, 6.07) is 5.11. The summed E-state index contributed by atoms with van der Waals surface area (Å²) in [5, 5.41) is 2.91. The van der Waals surface area contributed by atoms with E-state index >= 15 is 0 Å². The van der Waals surface area contributed by atoms with Crippen molar-refractivity contribution < 1.29 is 14.3 Å². The van der Waals surface area contributed by atoms with Crippen LogP contribution in [-0.2, 0) is 4.74 Å². The third kappa shape index (κ3) is 4.63. The maximum Gasteiger partial charge on any atom is 0.251 e. The number of nitrogen functional groups attached to an aromatic ring is 1. The number of benzene rings is 1.